The Hall–Kier alpha value is -0.830. The molecule has 0 spiro atoms. The van der Waals surface area contributed by atoms with Gasteiger partial charge in [0.05, 0.1) is 31.1 Å². The van der Waals surface area contributed by atoms with Crippen molar-refractivity contribution in [3.63, 3.8) is 0 Å². The van der Waals surface area contributed by atoms with Gasteiger partial charge in [-0.1, -0.05) is 0 Å². The van der Waals surface area contributed by atoms with Crippen LogP contribution in [0.4, 0.5) is 0 Å². The summed E-state index contributed by atoms with van der Waals surface area (Å²) in [5.74, 6) is 2.21. The van der Waals surface area contributed by atoms with Crippen molar-refractivity contribution in [1.82, 2.24) is 4.90 Å². The predicted octanol–water partition coefficient (Wildman–Crippen LogP) is 2.09. The number of nitrogens with zero attached hydrogens (tertiary/aromatic N) is 1. The number of piperidine rings is 1. The lowest BCUT2D eigenvalue weighted by Gasteiger charge is -2.45. The van der Waals surface area contributed by atoms with Crippen LogP contribution in [-0.2, 0) is 14.3 Å². The van der Waals surface area contributed by atoms with Crippen molar-refractivity contribution in [3.8, 4) is 11.5 Å². The third-order valence-corrected chi connectivity index (χ3v) is 5.93. The molecule has 1 aromatic rings. The van der Waals surface area contributed by atoms with Gasteiger partial charge in [-0.15, -0.1) is 0 Å². The Morgan fingerprint density at radius 1 is 1.38 bits per heavy atom. The summed E-state index contributed by atoms with van der Waals surface area (Å²) in [6.45, 7) is 2.44. The van der Waals surface area contributed by atoms with Gasteiger partial charge in [0.25, 0.3) is 10.1 Å². The summed E-state index contributed by atoms with van der Waals surface area (Å²) in [5.41, 5.74) is 1.10. The molecule has 3 unspecified atom stereocenters. The number of benzene rings is 1. The summed E-state index contributed by atoms with van der Waals surface area (Å²) in [5, 5.41) is 0. The second-order valence-electron chi connectivity index (χ2n) is 6.58. The van der Waals surface area contributed by atoms with Crippen LogP contribution < -0.4 is 9.47 Å². The zero-order chi connectivity index (χ0) is 17.5. The monoisotopic (exact) mass is 419 g/mol. The Morgan fingerprint density at radius 2 is 2.12 bits per heavy atom. The minimum atomic E-state index is -3.44. The quantitative estimate of drug-likeness (QED) is 0.696. The molecule has 0 aliphatic carbocycles. The zero-order valence-corrected chi connectivity index (χ0v) is 16.4. The van der Waals surface area contributed by atoms with Crippen LogP contribution in [-0.4, -0.2) is 60.0 Å². The number of hydrogen-bond acceptors (Lipinski definition) is 6. The van der Waals surface area contributed by atoms with E-state index < -0.39 is 10.1 Å². The molecular weight excluding hydrogens is 398 g/mol. The molecule has 6 nitrogen and oxygen atoms in total. The minimum absolute atomic E-state index is 0.0987. The standard InChI is InChI=1S/C16H22BrNO5S/c1-18-6-10(8-23-24(3,19)20)14-9-22-16-12(13(14)7-18)4-11(21-2)5-15(16)17/h4-5,10,13-14H,6-9H2,1-3H3. The first kappa shape index (κ1) is 18.0. The van der Waals surface area contributed by atoms with Gasteiger partial charge in [0, 0.05) is 36.4 Å². The maximum Gasteiger partial charge on any atom is 0.264 e. The van der Waals surface area contributed by atoms with Crippen molar-refractivity contribution >= 4 is 26.0 Å². The summed E-state index contributed by atoms with van der Waals surface area (Å²) in [6, 6.07) is 3.92. The molecule has 2 aliphatic heterocycles. The molecule has 1 aromatic carbocycles. The molecule has 1 fully saturated rings. The SMILES string of the molecule is COc1cc(Br)c2c(c1)C1CN(C)CC(COS(C)(=O)=O)C1CO2. The fourth-order valence-electron chi connectivity index (χ4n) is 3.69. The van der Waals surface area contributed by atoms with E-state index in [-0.39, 0.29) is 24.4 Å². The van der Waals surface area contributed by atoms with Gasteiger partial charge in [0.15, 0.2) is 0 Å². The second kappa shape index (κ2) is 6.82. The first-order valence-electron chi connectivity index (χ1n) is 7.81. The molecule has 2 heterocycles. The van der Waals surface area contributed by atoms with Gasteiger partial charge in [-0.3, -0.25) is 4.18 Å². The number of likely N-dealkylation sites (tertiary alicyclic amines) is 1. The highest BCUT2D eigenvalue weighted by atomic mass is 79.9. The van der Waals surface area contributed by atoms with Crippen LogP contribution in [0.2, 0.25) is 0 Å². The van der Waals surface area contributed by atoms with Crippen molar-refractivity contribution < 1.29 is 22.1 Å². The lowest BCUT2D eigenvalue weighted by atomic mass is 9.73. The first-order chi connectivity index (χ1) is 11.3. The van der Waals surface area contributed by atoms with Crippen molar-refractivity contribution in [2.24, 2.45) is 11.8 Å². The Balaban J connectivity index is 1.91. The van der Waals surface area contributed by atoms with E-state index >= 15 is 0 Å². The van der Waals surface area contributed by atoms with E-state index in [4.69, 9.17) is 13.7 Å². The number of ether oxygens (including phenoxy) is 2. The molecule has 3 rings (SSSR count). The largest absolute Gasteiger partial charge is 0.497 e. The van der Waals surface area contributed by atoms with Gasteiger partial charge >= 0.3 is 0 Å². The molecule has 0 radical (unpaired) electrons. The van der Waals surface area contributed by atoms with Gasteiger partial charge in [-0.25, -0.2) is 0 Å². The second-order valence-corrected chi connectivity index (χ2v) is 9.08. The van der Waals surface area contributed by atoms with Crippen LogP contribution >= 0.6 is 15.9 Å². The van der Waals surface area contributed by atoms with Gasteiger partial charge in [-0.05, 0) is 35.1 Å². The topological polar surface area (TPSA) is 65.1 Å². The van der Waals surface area contributed by atoms with E-state index in [2.05, 4.69) is 20.8 Å². The highest BCUT2D eigenvalue weighted by Crippen LogP contribution is 2.47. The van der Waals surface area contributed by atoms with Crippen molar-refractivity contribution in [1.29, 1.82) is 0 Å². The van der Waals surface area contributed by atoms with E-state index in [1.807, 2.05) is 19.2 Å². The lowest BCUT2D eigenvalue weighted by Crippen LogP contribution is -2.48. The Bertz CT molecular complexity index is 723. The summed E-state index contributed by atoms with van der Waals surface area (Å²) in [7, 11) is 0.250. The fraction of sp³-hybridized carbons (Fsp3) is 0.625. The normalized spacial score (nSPS) is 27.1. The van der Waals surface area contributed by atoms with Crippen LogP contribution in [0.15, 0.2) is 16.6 Å². The van der Waals surface area contributed by atoms with Crippen LogP contribution in [0.3, 0.4) is 0 Å². The Labute approximate surface area is 151 Å². The number of methoxy groups -OCH3 is 1. The predicted molar refractivity (Wildman–Crippen MR) is 94.2 cm³/mol. The summed E-state index contributed by atoms with van der Waals surface area (Å²) in [6.07, 6.45) is 1.09. The molecule has 2 aliphatic rings. The molecule has 0 aromatic heterocycles. The molecule has 24 heavy (non-hydrogen) atoms. The molecule has 8 heteroatoms. The zero-order valence-electron chi connectivity index (χ0n) is 14.0. The van der Waals surface area contributed by atoms with Crippen molar-refractivity contribution in [2.75, 3.05) is 46.7 Å². The average molecular weight is 420 g/mol. The average Bonchev–Trinajstić information content (AvgIpc) is 2.51. The molecule has 134 valence electrons. The van der Waals surface area contributed by atoms with E-state index in [1.165, 1.54) is 0 Å². The lowest BCUT2D eigenvalue weighted by molar-refractivity contribution is 0.0360. The highest BCUT2D eigenvalue weighted by Gasteiger charge is 2.42. The fourth-order valence-corrected chi connectivity index (χ4v) is 4.68. The van der Waals surface area contributed by atoms with Gasteiger partial charge < -0.3 is 14.4 Å². The van der Waals surface area contributed by atoms with Gasteiger partial charge in [0.2, 0.25) is 0 Å². The van der Waals surface area contributed by atoms with E-state index in [1.54, 1.807) is 7.11 Å². The van der Waals surface area contributed by atoms with Crippen LogP contribution in [0, 0.1) is 11.8 Å². The summed E-state index contributed by atoms with van der Waals surface area (Å²) < 4.78 is 40.0. The van der Waals surface area contributed by atoms with Gasteiger partial charge in [-0.2, -0.15) is 8.42 Å². The number of hydrogen-bond donors (Lipinski definition) is 0. The third kappa shape index (κ3) is 3.71. The summed E-state index contributed by atoms with van der Waals surface area (Å²) >= 11 is 3.55. The number of likely N-dealkylation sites (N-methyl/N-ethyl adjacent to an activating group) is 1. The maximum atomic E-state index is 11.4. The molecule has 1 saturated heterocycles. The summed E-state index contributed by atoms with van der Waals surface area (Å²) in [4.78, 5) is 2.22. The molecule has 0 saturated carbocycles. The maximum absolute atomic E-state index is 11.4. The van der Waals surface area contributed by atoms with Crippen molar-refractivity contribution in [3.05, 3.63) is 22.2 Å². The molecule has 0 N–H and O–H groups in total. The van der Waals surface area contributed by atoms with Crippen LogP contribution in [0.1, 0.15) is 11.5 Å². The Morgan fingerprint density at radius 3 is 2.79 bits per heavy atom. The molecule has 0 amide bonds. The molecular formula is C16H22BrNO5S. The van der Waals surface area contributed by atoms with Crippen LogP contribution in [0.5, 0.6) is 11.5 Å². The number of halogens is 1. The highest BCUT2D eigenvalue weighted by molar-refractivity contribution is 9.10. The molecule has 3 atom stereocenters. The minimum Gasteiger partial charge on any atom is -0.497 e. The number of fused-ring (bicyclic) bond motifs is 3. The van der Waals surface area contributed by atoms with E-state index in [0.29, 0.717) is 6.61 Å². The van der Waals surface area contributed by atoms with E-state index in [9.17, 15) is 8.42 Å². The molecule has 0 bridgehead atoms. The third-order valence-electron chi connectivity index (χ3n) is 4.77. The first-order valence-corrected chi connectivity index (χ1v) is 10.4. The van der Waals surface area contributed by atoms with E-state index in [0.717, 1.165) is 40.9 Å². The van der Waals surface area contributed by atoms with Crippen molar-refractivity contribution in [2.45, 2.75) is 5.92 Å². The van der Waals surface area contributed by atoms with Gasteiger partial charge in [0.1, 0.15) is 11.5 Å². The number of rotatable bonds is 4. The van der Waals surface area contributed by atoms with Crippen LogP contribution in [0.25, 0.3) is 0 Å². The Kier molecular flexibility index (Phi) is 5.11. The smallest absolute Gasteiger partial charge is 0.264 e.